The maximum absolute atomic E-state index is 11.6. The number of aromatic nitrogens is 3. The van der Waals surface area contributed by atoms with Crippen LogP contribution in [0.4, 0.5) is 6.01 Å². The van der Waals surface area contributed by atoms with Crippen LogP contribution in [0, 0.1) is 0 Å². The number of nitrogens with zero attached hydrogens (tertiary/aromatic N) is 3. The van der Waals surface area contributed by atoms with Crippen LogP contribution in [-0.2, 0) is 0 Å². The number of hydrogen-bond acceptors (Lipinski definition) is 7. The van der Waals surface area contributed by atoms with Crippen LogP contribution in [0.25, 0.3) is 11.7 Å². The molecule has 3 heterocycles. The smallest absolute Gasteiger partial charge is 0.323 e. The van der Waals surface area contributed by atoms with E-state index in [1.54, 1.807) is 12.1 Å². The quantitative estimate of drug-likeness (QED) is 0.787. The van der Waals surface area contributed by atoms with Crippen molar-refractivity contribution < 1.29 is 18.2 Å². The van der Waals surface area contributed by atoms with E-state index in [-0.39, 0.29) is 17.7 Å². The van der Waals surface area contributed by atoms with Gasteiger partial charge in [-0.05, 0) is 28.1 Å². The lowest BCUT2D eigenvalue weighted by molar-refractivity contribution is 0.0985. The molecule has 96 valence electrons. The fraction of sp³-hybridized carbons (Fsp3) is 0. The zero-order valence-electron chi connectivity index (χ0n) is 9.16. The Balaban J connectivity index is 1.77. The van der Waals surface area contributed by atoms with E-state index in [0.717, 1.165) is 0 Å². The number of nitrogens with one attached hydrogen (secondary N) is 1. The molecule has 0 unspecified atom stereocenters. The van der Waals surface area contributed by atoms with Crippen LogP contribution in [0.2, 0.25) is 0 Å². The molecule has 0 saturated heterocycles. The van der Waals surface area contributed by atoms with Gasteiger partial charge in [0.1, 0.15) is 0 Å². The maximum atomic E-state index is 11.6. The Bertz CT molecular complexity index is 703. The van der Waals surface area contributed by atoms with Crippen molar-refractivity contribution in [3.63, 3.8) is 0 Å². The highest BCUT2D eigenvalue weighted by molar-refractivity contribution is 9.10. The lowest BCUT2D eigenvalue weighted by Crippen LogP contribution is -2.11. The first kappa shape index (κ1) is 11.7. The second-order valence-corrected chi connectivity index (χ2v) is 4.13. The maximum Gasteiger partial charge on any atom is 0.323 e. The predicted octanol–water partition coefficient (Wildman–Crippen LogP) is 2.33. The van der Waals surface area contributed by atoms with Gasteiger partial charge in [-0.15, -0.1) is 5.10 Å². The molecule has 0 aliphatic carbocycles. The third-order valence-electron chi connectivity index (χ3n) is 2.09. The lowest BCUT2D eigenvalue weighted by Gasteiger charge is -1.94. The van der Waals surface area contributed by atoms with Gasteiger partial charge in [-0.25, -0.2) is 0 Å². The summed E-state index contributed by atoms with van der Waals surface area (Å²) in [6.07, 6.45) is 1.36. The first-order chi connectivity index (χ1) is 9.22. The number of rotatable bonds is 3. The van der Waals surface area contributed by atoms with E-state index in [1.165, 1.54) is 12.3 Å². The Morgan fingerprint density at radius 2 is 2.11 bits per heavy atom. The molecular formula is C10H5BrN4O4. The van der Waals surface area contributed by atoms with Crippen molar-refractivity contribution in [2.75, 3.05) is 5.32 Å². The Labute approximate surface area is 113 Å². The molecule has 0 atom stereocenters. The Hall–Kier alpha value is -2.42. The van der Waals surface area contributed by atoms with Gasteiger partial charge in [0.05, 0.1) is 6.20 Å². The summed E-state index contributed by atoms with van der Waals surface area (Å²) in [6.45, 7) is 0. The lowest BCUT2D eigenvalue weighted by atomic mass is 10.4. The van der Waals surface area contributed by atoms with Crippen LogP contribution in [0.15, 0.2) is 42.4 Å². The molecule has 0 aromatic carbocycles. The van der Waals surface area contributed by atoms with Gasteiger partial charge in [0, 0.05) is 6.07 Å². The van der Waals surface area contributed by atoms with Gasteiger partial charge in [0.2, 0.25) is 5.76 Å². The fourth-order valence-electron chi connectivity index (χ4n) is 1.29. The van der Waals surface area contributed by atoms with Gasteiger partial charge in [-0.3, -0.25) is 10.1 Å². The second kappa shape index (κ2) is 4.69. The Morgan fingerprint density at radius 3 is 2.79 bits per heavy atom. The second-order valence-electron chi connectivity index (χ2n) is 3.35. The molecule has 3 aromatic rings. The third-order valence-corrected chi connectivity index (χ3v) is 2.52. The van der Waals surface area contributed by atoms with Crippen molar-refractivity contribution in [2.45, 2.75) is 0 Å². The number of carbonyl (C=O) groups is 1. The van der Waals surface area contributed by atoms with Crippen LogP contribution >= 0.6 is 15.9 Å². The molecule has 9 heteroatoms. The number of anilines is 1. The standard InChI is InChI=1S/C10H5BrN4O4/c11-7-2-1-6(17-7)9-14-15-10(18-9)13-8(16)5-3-4-12-19-5/h1-4H,(H,13,15,16). The molecular weight excluding hydrogens is 320 g/mol. The summed E-state index contributed by atoms with van der Waals surface area (Å²) in [5.74, 6) is 0.0481. The number of carbonyl (C=O) groups excluding carboxylic acids is 1. The minimum atomic E-state index is -0.534. The van der Waals surface area contributed by atoms with Gasteiger partial charge in [-0.1, -0.05) is 10.3 Å². The summed E-state index contributed by atoms with van der Waals surface area (Å²) in [5, 5.41) is 13.2. The molecule has 0 fully saturated rings. The van der Waals surface area contributed by atoms with E-state index in [1.807, 2.05) is 0 Å². The number of halogens is 1. The molecule has 0 radical (unpaired) electrons. The largest absolute Gasteiger partial charge is 0.444 e. The molecule has 0 spiro atoms. The van der Waals surface area contributed by atoms with Crippen LogP contribution in [-0.4, -0.2) is 21.3 Å². The van der Waals surface area contributed by atoms with Gasteiger partial charge in [0.15, 0.2) is 10.4 Å². The normalized spacial score (nSPS) is 10.6. The highest BCUT2D eigenvalue weighted by Crippen LogP contribution is 2.24. The molecule has 1 N–H and O–H groups in total. The Morgan fingerprint density at radius 1 is 1.21 bits per heavy atom. The predicted molar refractivity (Wildman–Crippen MR) is 64.2 cm³/mol. The van der Waals surface area contributed by atoms with E-state index < -0.39 is 5.91 Å². The first-order valence-electron chi connectivity index (χ1n) is 5.03. The third kappa shape index (κ3) is 2.40. The minimum absolute atomic E-state index is 0.0421. The van der Waals surface area contributed by atoms with Crippen molar-refractivity contribution in [1.29, 1.82) is 0 Å². The van der Waals surface area contributed by atoms with Crippen LogP contribution in [0.5, 0.6) is 0 Å². The molecule has 0 bridgehead atoms. The van der Waals surface area contributed by atoms with E-state index in [4.69, 9.17) is 8.83 Å². The number of hydrogen-bond donors (Lipinski definition) is 1. The number of amides is 1. The highest BCUT2D eigenvalue weighted by atomic mass is 79.9. The molecule has 0 aliphatic rings. The molecule has 8 nitrogen and oxygen atoms in total. The summed E-state index contributed by atoms with van der Waals surface area (Å²) in [4.78, 5) is 11.6. The summed E-state index contributed by atoms with van der Waals surface area (Å²) >= 11 is 3.16. The zero-order valence-corrected chi connectivity index (χ0v) is 10.7. The summed E-state index contributed by atoms with van der Waals surface area (Å²) in [7, 11) is 0. The van der Waals surface area contributed by atoms with Crippen LogP contribution < -0.4 is 5.32 Å². The molecule has 19 heavy (non-hydrogen) atoms. The van der Waals surface area contributed by atoms with Crippen molar-refractivity contribution in [1.82, 2.24) is 15.4 Å². The average Bonchev–Trinajstić information content (AvgIpc) is 3.07. The Kier molecular flexibility index (Phi) is 2.88. The van der Waals surface area contributed by atoms with Crippen molar-refractivity contribution in [3.05, 3.63) is 34.8 Å². The molecule has 1 amide bonds. The van der Waals surface area contributed by atoms with Crippen LogP contribution in [0.1, 0.15) is 10.6 Å². The van der Waals surface area contributed by atoms with Crippen molar-refractivity contribution >= 4 is 27.9 Å². The van der Waals surface area contributed by atoms with Gasteiger partial charge in [0.25, 0.3) is 11.8 Å². The fourth-order valence-corrected chi connectivity index (χ4v) is 1.60. The monoisotopic (exact) mass is 324 g/mol. The molecule has 3 rings (SSSR count). The summed E-state index contributed by atoms with van der Waals surface area (Å²) in [6, 6.07) is 4.69. The molecule has 0 saturated carbocycles. The van der Waals surface area contributed by atoms with Gasteiger partial charge < -0.3 is 13.4 Å². The molecule has 0 aliphatic heterocycles. The van der Waals surface area contributed by atoms with Crippen LogP contribution in [0.3, 0.4) is 0 Å². The average molecular weight is 325 g/mol. The van der Waals surface area contributed by atoms with Crippen molar-refractivity contribution in [2.24, 2.45) is 0 Å². The number of furan rings is 1. The van der Waals surface area contributed by atoms with Gasteiger partial charge >= 0.3 is 6.01 Å². The van der Waals surface area contributed by atoms with Gasteiger partial charge in [-0.2, -0.15) is 0 Å². The van der Waals surface area contributed by atoms with E-state index in [2.05, 4.69) is 41.1 Å². The summed E-state index contributed by atoms with van der Waals surface area (Å²) in [5.41, 5.74) is 0. The van der Waals surface area contributed by atoms with E-state index in [9.17, 15) is 4.79 Å². The highest BCUT2D eigenvalue weighted by Gasteiger charge is 2.16. The first-order valence-corrected chi connectivity index (χ1v) is 5.83. The topological polar surface area (TPSA) is 107 Å². The summed E-state index contributed by atoms with van der Waals surface area (Å²) < 4.78 is 15.7. The molecule has 3 aromatic heterocycles. The van der Waals surface area contributed by atoms with E-state index >= 15 is 0 Å². The SMILES string of the molecule is O=C(Nc1nnc(-c2ccc(Br)o2)o1)c1ccno1. The van der Waals surface area contributed by atoms with E-state index in [0.29, 0.717) is 10.4 Å². The minimum Gasteiger partial charge on any atom is -0.444 e. The zero-order chi connectivity index (χ0) is 13.2. The van der Waals surface area contributed by atoms with Crippen molar-refractivity contribution in [3.8, 4) is 11.7 Å².